The molecule has 0 saturated carbocycles. The highest BCUT2D eigenvalue weighted by Gasteiger charge is 2.33. The number of carbonyl (C=O) groups excluding carboxylic acids is 1. The zero-order valence-electron chi connectivity index (χ0n) is 23.8. The number of allylic oxidation sites excluding steroid dienone is 1. The van der Waals surface area contributed by atoms with E-state index >= 15 is 0 Å². The van der Waals surface area contributed by atoms with Gasteiger partial charge < -0.3 is 9.47 Å². The van der Waals surface area contributed by atoms with Crippen LogP contribution in [0, 0.1) is 6.92 Å². The van der Waals surface area contributed by atoms with Gasteiger partial charge in [-0.2, -0.15) is 5.10 Å². The summed E-state index contributed by atoms with van der Waals surface area (Å²) in [5, 5.41) is 6.86. The maximum absolute atomic E-state index is 14.1. The third-order valence-corrected chi connectivity index (χ3v) is 9.00. The Bertz CT molecular complexity index is 2050. The maximum Gasteiger partial charge on any atom is 0.338 e. The molecule has 5 aromatic rings. The number of methoxy groups -OCH3 is 1. The molecule has 0 amide bonds. The number of aryl methyl sites for hydroxylation is 1. The molecule has 0 saturated heterocycles. The highest BCUT2D eigenvalue weighted by molar-refractivity contribution is 7.10. The molecule has 1 aliphatic heterocycles. The van der Waals surface area contributed by atoms with E-state index in [1.54, 1.807) is 17.6 Å². The van der Waals surface area contributed by atoms with E-state index in [1.807, 2.05) is 89.9 Å². The monoisotopic (exact) mass is 608 g/mol. The first kappa shape index (κ1) is 28.3. The summed E-state index contributed by atoms with van der Waals surface area (Å²) in [5.74, 6) is 0.266. The number of nitrogens with zero attached hydrogens (tertiary/aromatic N) is 4. The van der Waals surface area contributed by atoms with Crippen LogP contribution in [0.25, 0.3) is 23.0 Å². The van der Waals surface area contributed by atoms with Gasteiger partial charge in [-0.1, -0.05) is 48.3 Å². The number of fused-ring (bicyclic) bond motifs is 1. The number of benzene rings is 2. The molecule has 6 rings (SSSR count). The molecule has 1 unspecified atom stereocenters. The Morgan fingerprint density at radius 3 is 2.63 bits per heavy atom. The van der Waals surface area contributed by atoms with Crippen molar-refractivity contribution in [3.63, 3.8) is 0 Å². The highest BCUT2D eigenvalue weighted by Crippen LogP contribution is 2.33. The predicted octanol–water partition coefficient (Wildman–Crippen LogP) is 5.20. The van der Waals surface area contributed by atoms with Crippen molar-refractivity contribution in [3.05, 3.63) is 132 Å². The summed E-state index contributed by atoms with van der Waals surface area (Å²) in [7, 11) is 1.34. The second-order valence-corrected chi connectivity index (χ2v) is 11.9. The molecule has 2 aromatic carbocycles. The molecule has 0 spiro atoms. The smallest absolute Gasteiger partial charge is 0.338 e. The molecule has 43 heavy (non-hydrogen) atoms. The number of thiophene rings is 1. The lowest BCUT2D eigenvalue weighted by Crippen LogP contribution is -2.39. The molecular formula is C33H28N4O4S2. The molecule has 8 nitrogen and oxygen atoms in total. The second-order valence-electron chi connectivity index (χ2n) is 9.88. The van der Waals surface area contributed by atoms with Crippen molar-refractivity contribution in [2.45, 2.75) is 19.9 Å². The van der Waals surface area contributed by atoms with E-state index in [1.165, 1.54) is 29.8 Å². The van der Waals surface area contributed by atoms with Crippen molar-refractivity contribution >= 4 is 34.7 Å². The quantitative estimate of drug-likeness (QED) is 0.179. The summed E-state index contributed by atoms with van der Waals surface area (Å²) in [6.07, 6.45) is 5.48. The van der Waals surface area contributed by atoms with Crippen LogP contribution >= 0.6 is 22.7 Å². The Hall–Kier alpha value is -4.80. The minimum Gasteiger partial charge on any atom is -0.489 e. The van der Waals surface area contributed by atoms with E-state index in [9.17, 15) is 9.59 Å². The van der Waals surface area contributed by atoms with E-state index < -0.39 is 12.0 Å². The lowest BCUT2D eigenvalue weighted by Gasteiger charge is -2.22. The molecule has 0 N–H and O–H groups in total. The van der Waals surface area contributed by atoms with Gasteiger partial charge >= 0.3 is 5.97 Å². The third kappa shape index (κ3) is 5.31. The van der Waals surface area contributed by atoms with Crippen LogP contribution < -0.4 is 19.6 Å². The van der Waals surface area contributed by atoms with Gasteiger partial charge in [0.15, 0.2) is 4.80 Å². The van der Waals surface area contributed by atoms with Crippen molar-refractivity contribution in [1.29, 1.82) is 0 Å². The van der Waals surface area contributed by atoms with E-state index in [2.05, 4.69) is 11.6 Å². The average Bonchev–Trinajstić information content (AvgIpc) is 3.76. The number of aromatic nitrogens is 3. The Labute approximate surface area is 255 Å². The molecule has 0 aliphatic carbocycles. The van der Waals surface area contributed by atoms with Gasteiger partial charge in [-0.15, -0.1) is 11.3 Å². The van der Waals surface area contributed by atoms with E-state index in [0.717, 1.165) is 33.0 Å². The topological polar surface area (TPSA) is 87.7 Å². The summed E-state index contributed by atoms with van der Waals surface area (Å²) in [4.78, 5) is 33.0. The number of thiazole rings is 1. The van der Waals surface area contributed by atoms with Crippen LogP contribution in [0.15, 0.2) is 106 Å². The standard InChI is InChI=1S/C33H28N4O4S2/c1-5-15-41-25-14-13-22(17-20(25)2)29-23(19-36(35-29)24-10-7-6-8-11-24)18-27-31(38)37-30(26-12-9-16-42-26)28(32(39)40-4)21(3)34-33(37)43-27/h5-14,16-19,30H,1,15H2,2-4H3. The molecule has 3 aromatic heterocycles. The van der Waals surface area contributed by atoms with Gasteiger partial charge in [0.25, 0.3) is 5.56 Å². The van der Waals surface area contributed by atoms with Gasteiger partial charge in [-0.05, 0) is 67.3 Å². The normalized spacial score (nSPS) is 14.8. The number of rotatable bonds is 8. The molecule has 0 bridgehead atoms. The Morgan fingerprint density at radius 1 is 1.12 bits per heavy atom. The van der Waals surface area contributed by atoms with E-state index in [4.69, 9.17) is 14.6 Å². The zero-order chi connectivity index (χ0) is 30.1. The van der Waals surface area contributed by atoms with Crippen LogP contribution in [-0.4, -0.2) is 34.0 Å². The van der Waals surface area contributed by atoms with Gasteiger partial charge in [-0.25, -0.2) is 14.5 Å². The highest BCUT2D eigenvalue weighted by atomic mass is 32.1. The number of ether oxygens (including phenoxy) is 2. The van der Waals surface area contributed by atoms with Crippen LogP contribution in [-0.2, 0) is 9.53 Å². The summed E-state index contributed by atoms with van der Waals surface area (Å²) in [6, 6.07) is 18.9. The first-order valence-corrected chi connectivity index (χ1v) is 15.2. The summed E-state index contributed by atoms with van der Waals surface area (Å²) in [6.45, 7) is 7.90. The summed E-state index contributed by atoms with van der Waals surface area (Å²) in [5.41, 5.74) is 4.88. The van der Waals surface area contributed by atoms with E-state index in [0.29, 0.717) is 32.9 Å². The van der Waals surface area contributed by atoms with Crippen molar-refractivity contribution < 1.29 is 14.3 Å². The van der Waals surface area contributed by atoms with Crippen LogP contribution in [0.3, 0.4) is 0 Å². The third-order valence-electron chi connectivity index (χ3n) is 7.09. The largest absolute Gasteiger partial charge is 0.489 e. The van der Waals surface area contributed by atoms with Crippen molar-refractivity contribution in [2.75, 3.05) is 13.7 Å². The molecule has 0 radical (unpaired) electrons. The van der Waals surface area contributed by atoms with Crippen molar-refractivity contribution in [1.82, 2.24) is 14.3 Å². The fraction of sp³-hybridized carbons (Fsp3) is 0.152. The Balaban J connectivity index is 1.53. The Morgan fingerprint density at radius 2 is 1.93 bits per heavy atom. The Kier molecular flexibility index (Phi) is 7.79. The number of para-hydroxylation sites is 1. The second kappa shape index (κ2) is 11.8. The van der Waals surface area contributed by atoms with Gasteiger partial charge in [0.1, 0.15) is 24.1 Å². The summed E-state index contributed by atoms with van der Waals surface area (Å²) < 4.78 is 14.8. The predicted molar refractivity (Wildman–Crippen MR) is 170 cm³/mol. The first-order valence-electron chi connectivity index (χ1n) is 13.5. The number of carbonyl (C=O) groups is 1. The minimum atomic E-state index is -0.622. The number of hydrogen-bond acceptors (Lipinski definition) is 8. The van der Waals surface area contributed by atoms with Crippen LogP contribution in [0.1, 0.15) is 29.0 Å². The van der Waals surface area contributed by atoms with Gasteiger partial charge in [0, 0.05) is 22.2 Å². The van der Waals surface area contributed by atoms with Gasteiger partial charge in [0.05, 0.1) is 28.6 Å². The fourth-order valence-corrected chi connectivity index (χ4v) is 6.95. The number of esters is 1. The van der Waals surface area contributed by atoms with Gasteiger partial charge in [0.2, 0.25) is 0 Å². The van der Waals surface area contributed by atoms with E-state index in [-0.39, 0.29) is 5.56 Å². The maximum atomic E-state index is 14.1. The SMILES string of the molecule is C=CCOc1ccc(-c2nn(-c3ccccc3)cc2C=c2sc3n(c2=O)C(c2cccs2)C(C(=O)OC)=C(C)N=3)cc1C. The molecule has 216 valence electrons. The number of hydrogen-bond donors (Lipinski definition) is 0. The minimum absolute atomic E-state index is 0.237. The molecule has 0 fully saturated rings. The molecule has 1 atom stereocenters. The first-order chi connectivity index (χ1) is 20.9. The van der Waals surface area contributed by atoms with Crippen LogP contribution in [0.4, 0.5) is 0 Å². The lowest BCUT2D eigenvalue weighted by molar-refractivity contribution is -0.136. The molecule has 1 aliphatic rings. The van der Waals surface area contributed by atoms with Gasteiger partial charge in [-0.3, -0.25) is 9.36 Å². The summed E-state index contributed by atoms with van der Waals surface area (Å²) >= 11 is 2.77. The fourth-order valence-electron chi connectivity index (χ4n) is 5.09. The molecule has 10 heteroatoms. The molecular weight excluding hydrogens is 581 g/mol. The van der Waals surface area contributed by atoms with Crippen molar-refractivity contribution in [2.24, 2.45) is 4.99 Å². The van der Waals surface area contributed by atoms with Crippen molar-refractivity contribution in [3.8, 4) is 22.7 Å². The van der Waals surface area contributed by atoms with Crippen LogP contribution in [0.5, 0.6) is 5.75 Å². The zero-order valence-corrected chi connectivity index (χ0v) is 25.4. The lowest BCUT2D eigenvalue weighted by atomic mass is 10.0. The molecule has 4 heterocycles. The average molecular weight is 609 g/mol. The van der Waals surface area contributed by atoms with Crippen LogP contribution in [0.2, 0.25) is 0 Å².